The predicted molar refractivity (Wildman–Crippen MR) is 60.7 cm³/mol. The van der Waals surface area contributed by atoms with Crippen LogP contribution in [-0.4, -0.2) is 31.2 Å². The monoisotopic (exact) mass is 250 g/mol. The van der Waals surface area contributed by atoms with Crippen LogP contribution in [0.15, 0.2) is 4.52 Å². The number of aromatic nitrogens is 5. The zero-order valence-electron chi connectivity index (χ0n) is 10.4. The number of H-pyrrole nitrogens is 1. The number of carbonyl (C=O) groups is 1. The lowest BCUT2D eigenvalue weighted by molar-refractivity contribution is 0.0936. The fraction of sp³-hybridized carbons (Fsp3) is 0.500. The number of carbonyl (C=O) groups excluding carboxylic acids is 1. The molecule has 0 spiro atoms. The molecule has 2 rings (SSSR count). The lowest BCUT2D eigenvalue weighted by Crippen LogP contribution is -2.24. The normalized spacial score (nSPS) is 10.9. The van der Waals surface area contributed by atoms with Gasteiger partial charge in [-0.2, -0.15) is 4.98 Å². The molecule has 0 aliphatic carbocycles. The standard InChI is InChI=1S/C10H14N6O2/c1-5(2)8-13-9(15-14-8)10(17)11-4-7-12-6(3)16-18-7/h5H,4H2,1-3H3,(H,11,17)(H,13,14,15). The van der Waals surface area contributed by atoms with E-state index >= 15 is 0 Å². The molecule has 8 nitrogen and oxygen atoms in total. The van der Waals surface area contributed by atoms with Crippen molar-refractivity contribution >= 4 is 5.91 Å². The van der Waals surface area contributed by atoms with Crippen molar-refractivity contribution in [2.45, 2.75) is 33.2 Å². The van der Waals surface area contributed by atoms with Gasteiger partial charge in [-0.1, -0.05) is 19.0 Å². The van der Waals surface area contributed by atoms with Gasteiger partial charge in [0.05, 0.1) is 6.54 Å². The first kappa shape index (κ1) is 12.2. The van der Waals surface area contributed by atoms with Crippen LogP contribution in [0.25, 0.3) is 0 Å². The van der Waals surface area contributed by atoms with Crippen LogP contribution in [0.5, 0.6) is 0 Å². The van der Waals surface area contributed by atoms with Gasteiger partial charge in [-0.05, 0) is 6.92 Å². The number of amides is 1. The SMILES string of the molecule is Cc1noc(CNC(=O)c2n[nH]c(C(C)C)n2)n1. The van der Waals surface area contributed by atoms with Crippen molar-refractivity contribution in [3.8, 4) is 0 Å². The Morgan fingerprint density at radius 1 is 1.44 bits per heavy atom. The number of nitrogens with zero attached hydrogens (tertiary/aromatic N) is 4. The maximum absolute atomic E-state index is 11.7. The Morgan fingerprint density at radius 2 is 2.22 bits per heavy atom. The fourth-order valence-electron chi connectivity index (χ4n) is 1.28. The molecular formula is C10H14N6O2. The van der Waals surface area contributed by atoms with Gasteiger partial charge in [-0.3, -0.25) is 9.89 Å². The molecular weight excluding hydrogens is 236 g/mol. The molecule has 8 heteroatoms. The smallest absolute Gasteiger partial charge is 0.291 e. The fourth-order valence-corrected chi connectivity index (χ4v) is 1.28. The first-order valence-electron chi connectivity index (χ1n) is 5.56. The molecule has 0 unspecified atom stereocenters. The molecule has 0 atom stereocenters. The highest BCUT2D eigenvalue weighted by Crippen LogP contribution is 2.07. The van der Waals surface area contributed by atoms with Crippen LogP contribution in [-0.2, 0) is 6.54 Å². The number of hydrogen-bond donors (Lipinski definition) is 2. The van der Waals surface area contributed by atoms with Gasteiger partial charge in [0.2, 0.25) is 11.7 Å². The molecule has 0 bridgehead atoms. The maximum Gasteiger partial charge on any atom is 0.291 e. The molecule has 2 aromatic heterocycles. The molecule has 96 valence electrons. The summed E-state index contributed by atoms with van der Waals surface area (Å²) in [6, 6.07) is 0. The number of nitrogens with one attached hydrogen (secondary N) is 2. The van der Waals surface area contributed by atoms with Gasteiger partial charge in [0, 0.05) is 5.92 Å². The van der Waals surface area contributed by atoms with Gasteiger partial charge >= 0.3 is 0 Å². The maximum atomic E-state index is 11.7. The van der Waals surface area contributed by atoms with Crippen LogP contribution in [0.4, 0.5) is 0 Å². The zero-order valence-corrected chi connectivity index (χ0v) is 10.4. The average Bonchev–Trinajstić information content (AvgIpc) is 2.94. The van der Waals surface area contributed by atoms with E-state index in [4.69, 9.17) is 4.52 Å². The van der Waals surface area contributed by atoms with Crippen LogP contribution in [0, 0.1) is 6.92 Å². The van der Waals surface area contributed by atoms with E-state index in [1.807, 2.05) is 13.8 Å². The van der Waals surface area contributed by atoms with Crippen LogP contribution in [0.2, 0.25) is 0 Å². The van der Waals surface area contributed by atoms with E-state index in [1.54, 1.807) is 6.92 Å². The second kappa shape index (κ2) is 4.94. The molecule has 0 saturated carbocycles. The minimum Gasteiger partial charge on any atom is -0.340 e. The van der Waals surface area contributed by atoms with Gasteiger partial charge in [0.1, 0.15) is 5.82 Å². The van der Waals surface area contributed by atoms with Crippen molar-refractivity contribution < 1.29 is 9.32 Å². The quantitative estimate of drug-likeness (QED) is 0.820. The third-order valence-corrected chi connectivity index (χ3v) is 2.22. The van der Waals surface area contributed by atoms with Gasteiger partial charge in [0.15, 0.2) is 5.82 Å². The van der Waals surface area contributed by atoms with E-state index in [0.717, 1.165) is 0 Å². The Balaban J connectivity index is 1.95. The summed E-state index contributed by atoms with van der Waals surface area (Å²) in [7, 11) is 0. The zero-order chi connectivity index (χ0) is 13.1. The highest BCUT2D eigenvalue weighted by molar-refractivity contribution is 5.90. The molecule has 0 radical (unpaired) electrons. The number of aryl methyl sites for hydroxylation is 1. The van der Waals surface area contributed by atoms with Crippen LogP contribution < -0.4 is 5.32 Å². The van der Waals surface area contributed by atoms with Crippen molar-refractivity contribution in [3.63, 3.8) is 0 Å². The summed E-state index contributed by atoms with van der Waals surface area (Å²) in [6.07, 6.45) is 0. The third-order valence-electron chi connectivity index (χ3n) is 2.22. The Bertz CT molecular complexity index is 544. The lowest BCUT2D eigenvalue weighted by Gasteiger charge is -1.97. The Labute approximate surface area is 103 Å². The summed E-state index contributed by atoms with van der Waals surface area (Å²) in [5.41, 5.74) is 0. The molecule has 0 saturated heterocycles. The van der Waals surface area contributed by atoms with E-state index < -0.39 is 0 Å². The second-order valence-electron chi connectivity index (χ2n) is 4.12. The summed E-state index contributed by atoms with van der Waals surface area (Å²) in [4.78, 5) is 19.8. The Hall–Kier alpha value is -2.25. The van der Waals surface area contributed by atoms with E-state index in [9.17, 15) is 4.79 Å². The minimum atomic E-state index is -0.381. The molecule has 0 aromatic carbocycles. The van der Waals surface area contributed by atoms with Crippen molar-refractivity contribution in [1.82, 2.24) is 30.6 Å². The number of hydrogen-bond acceptors (Lipinski definition) is 6. The van der Waals surface area contributed by atoms with Gasteiger partial charge in [-0.15, -0.1) is 5.10 Å². The molecule has 0 aliphatic heterocycles. The van der Waals surface area contributed by atoms with Gasteiger partial charge in [-0.25, -0.2) is 4.98 Å². The summed E-state index contributed by atoms with van der Waals surface area (Å²) in [6.45, 7) is 5.79. The predicted octanol–water partition coefficient (Wildman–Crippen LogP) is 0.550. The molecule has 2 aromatic rings. The van der Waals surface area contributed by atoms with E-state index in [0.29, 0.717) is 17.5 Å². The summed E-state index contributed by atoms with van der Waals surface area (Å²) >= 11 is 0. The molecule has 0 aliphatic rings. The summed E-state index contributed by atoms with van der Waals surface area (Å²) in [5, 5.41) is 12.8. The molecule has 0 fully saturated rings. The third kappa shape index (κ3) is 2.70. The average molecular weight is 250 g/mol. The first-order chi connectivity index (χ1) is 8.56. The Morgan fingerprint density at radius 3 is 2.78 bits per heavy atom. The first-order valence-corrected chi connectivity index (χ1v) is 5.56. The van der Waals surface area contributed by atoms with E-state index in [-0.39, 0.29) is 24.2 Å². The highest BCUT2D eigenvalue weighted by atomic mass is 16.5. The Kier molecular flexibility index (Phi) is 3.35. The van der Waals surface area contributed by atoms with Gasteiger partial charge < -0.3 is 9.84 Å². The molecule has 2 heterocycles. The van der Waals surface area contributed by atoms with E-state index in [2.05, 4.69) is 30.6 Å². The van der Waals surface area contributed by atoms with Crippen LogP contribution >= 0.6 is 0 Å². The number of rotatable bonds is 4. The van der Waals surface area contributed by atoms with Crippen LogP contribution in [0.1, 0.15) is 47.9 Å². The van der Waals surface area contributed by atoms with Gasteiger partial charge in [0.25, 0.3) is 5.91 Å². The number of aromatic amines is 1. The lowest BCUT2D eigenvalue weighted by atomic mass is 10.2. The highest BCUT2D eigenvalue weighted by Gasteiger charge is 2.14. The van der Waals surface area contributed by atoms with E-state index in [1.165, 1.54) is 0 Å². The second-order valence-corrected chi connectivity index (χ2v) is 4.12. The van der Waals surface area contributed by atoms with Crippen molar-refractivity contribution in [3.05, 3.63) is 23.4 Å². The molecule has 1 amide bonds. The minimum absolute atomic E-state index is 0.106. The topological polar surface area (TPSA) is 110 Å². The summed E-state index contributed by atoms with van der Waals surface area (Å²) in [5.74, 6) is 1.47. The largest absolute Gasteiger partial charge is 0.340 e. The van der Waals surface area contributed by atoms with Crippen LogP contribution in [0.3, 0.4) is 0 Å². The van der Waals surface area contributed by atoms with Crippen molar-refractivity contribution in [1.29, 1.82) is 0 Å². The van der Waals surface area contributed by atoms with Crippen molar-refractivity contribution in [2.75, 3.05) is 0 Å². The summed E-state index contributed by atoms with van der Waals surface area (Å²) < 4.78 is 4.87. The molecule has 2 N–H and O–H groups in total. The van der Waals surface area contributed by atoms with Crippen molar-refractivity contribution in [2.24, 2.45) is 0 Å². The molecule has 18 heavy (non-hydrogen) atoms.